The van der Waals surface area contributed by atoms with Crippen LogP contribution in [0.2, 0.25) is 10.0 Å². The fraction of sp³-hybridized carbons (Fsp3) is 0. The van der Waals surface area contributed by atoms with Gasteiger partial charge in [-0.15, -0.1) is 0 Å². The summed E-state index contributed by atoms with van der Waals surface area (Å²) in [5, 5.41) is 5.32. The van der Waals surface area contributed by atoms with E-state index in [0.29, 0.717) is 0 Å². The van der Waals surface area contributed by atoms with Crippen molar-refractivity contribution in [2.45, 2.75) is 0 Å². The van der Waals surface area contributed by atoms with Crippen LogP contribution in [0.5, 0.6) is 0 Å². The minimum Gasteiger partial charge on any atom is -0.321 e. The smallest absolute Gasteiger partial charge is 0.255 e. The largest absolute Gasteiger partial charge is 0.321 e. The first kappa shape index (κ1) is 19.8. The van der Waals surface area contributed by atoms with E-state index in [1.54, 1.807) is 0 Å². The maximum atomic E-state index is 13.3. The van der Waals surface area contributed by atoms with E-state index in [2.05, 4.69) is 10.6 Å². The van der Waals surface area contributed by atoms with Gasteiger partial charge in [0.15, 0.2) is 0 Å². The first-order valence-corrected chi connectivity index (χ1v) is 8.72. The SMILES string of the molecule is O=C(Nc1cc(NC(=O)c2cccc(F)c2)c(Cl)cc1Cl)c1cccc(F)c1. The van der Waals surface area contributed by atoms with E-state index >= 15 is 0 Å². The van der Waals surface area contributed by atoms with Gasteiger partial charge in [-0.2, -0.15) is 0 Å². The highest BCUT2D eigenvalue weighted by Gasteiger charge is 2.15. The molecule has 0 aliphatic heterocycles. The van der Waals surface area contributed by atoms with Crippen LogP contribution in [-0.4, -0.2) is 11.8 Å². The molecule has 0 heterocycles. The third kappa shape index (κ3) is 4.65. The molecular weight excluding hydrogens is 409 g/mol. The lowest BCUT2D eigenvalue weighted by Crippen LogP contribution is -2.15. The molecule has 0 saturated heterocycles. The van der Waals surface area contributed by atoms with Gasteiger partial charge in [0, 0.05) is 11.1 Å². The summed E-state index contributed by atoms with van der Waals surface area (Å²) in [6.45, 7) is 0. The van der Waals surface area contributed by atoms with Crippen molar-refractivity contribution in [1.82, 2.24) is 0 Å². The molecule has 3 rings (SSSR count). The highest BCUT2D eigenvalue weighted by molar-refractivity contribution is 6.38. The van der Waals surface area contributed by atoms with Crippen molar-refractivity contribution < 1.29 is 18.4 Å². The molecule has 0 bridgehead atoms. The van der Waals surface area contributed by atoms with Gasteiger partial charge in [-0.3, -0.25) is 9.59 Å². The summed E-state index contributed by atoms with van der Waals surface area (Å²) in [6, 6.07) is 13.0. The maximum absolute atomic E-state index is 13.3. The normalized spacial score (nSPS) is 10.4. The number of rotatable bonds is 4. The Morgan fingerprint density at radius 3 is 1.50 bits per heavy atom. The molecular formula is C20H12Cl2F2N2O2. The molecule has 0 aliphatic rings. The zero-order valence-electron chi connectivity index (χ0n) is 14.1. The van der Waals surface area contributed by atoms with Crippen LogP contribution < -0.4 is 10.6 Å². The number of hydrogen-bond donors (Lipinski definition) is 2. The molecule has 0 spiro atoms. The number of hydrogen-bond acceptors (Lipinski definition) is 2. The van der Waals surface area contributed by atoms with Gasteiger partial charge in [-0.1, -0.05) is 35.3 Å². The van der Waals surface area contributed by atoms with Crippen molar-refractivity contribution >= 4 is 46.4 Å². The Labute approximate surface area is 169 Å². The molecule has 0 atom stereocenters. The van der Waals surface area contributed by atoms with Gasteiger partial charge < -0.3 is 10.6 Å². The lowest BCUT2D eigenvalue weighted by atomic mass is 10.2. The van der Waals surface area contributed by atoms with E-state index in [0.717, 1.165) is 12.1 Å². The summed E-state index contributed by atoms with van der Waals surface area (Å²) >= 11 is 12.2. The zero-order chi connectivity index (χ0) is 20.3. The molecule has 0 radical (unpaired) electrons. The highest BCUT2D eigenvalue weighted by atomic mass is 35.5. The van der Waals surface area contributed by atoms with Crippen molar-refractivity contribution in [2.75, 3.05) is 10.6 Å². The summed E-state index contributed by atoms with van der Waals surface area (Å²) in [6.07, 6.45) is 0. The van der Waals surface area contributed by atoms with Crippen LogP contribution in [0, 0.1) is 11.6 Å². The van der Waals surface area contributed by atoms with E-state index < -0.39 is 23.4 Å². The first-order valence-electron chi connectivity index (χ1n) is 7.96. The molecule has 2 N–H and O–H groups in total. The van der Waals surface area contributed by atoms with Gasteiger partial charge in [0.2, 0.25) is 0 Å². The molecule has 3 aromatic rings. The second-order valence-electron chi connectivity index (χ2n) is 5.74. The summed E-state index contributed by atoms with van der Waals surface area (Å²) in [5.41, 5.74) is 0.512. The van der Waals surface area contributed by atoms with E-state index in [9.17, 15) is 18.4 Å². The van der Waals surface area contributed by atoms with Crippen LogP contribution in [0.25, 0.3) is 0 Å². The molecule has 8 heteroatoms. The molecule has 0 aliphatic carbocycles. The number of nitrogens with one attached hydrogen (secondary N) is 2. The van der Waals surface area contributed by atoms with Gasteiger partial charge in [0.1, 0.15) is 11.6 Å². The van der Waals surface area contributed by atoms with Gasteiger partial charge in [0.05, 0.1) is 21.4 Å². The number of anilines is 2. The topological polar surface area (TPSA) is 58.2 Å². The quantitative estimate of drug-likeness (QED) is 0.562. The molecule has 3 aromatic carbocycles. The predicted octanol–water partition coefficient (Wildman–Crippen LogP) is 5.78. The van der Waals surface area contributed by atoms with E-state index in [4.69, 9.17) is 23.2 Å². The maximum Gasteiger partial charge on any atom is 0.255 e. The Morgan fingerprint density at radius 1 is 0.679 bits per heavy atom. The Kier molecular flexibility index (Phi) is 5.92. The lowest BCUT2D eigenvalue weighted by molar-refractivity contribution is 0.101. The summed E-state index contributed by atoms with van der Waals surface area (Å²) in [4.78, 5) is 24.6. The van der Waals surface area contributed by atoms with Crippen LogP contribution in [0.3, 0.4) is 0 Å². The summed E-state index contributed by atoms with van der Waals surface area (Å²) < 4.78 is 26.6. The van der Waals surface area contributed by atoms with Crippen molar-refractivity contribution in [3.8, 4) is 0 Å². The second-order valence-corrected chi connectivity index (χ2v) is 6.56. The average Bonchev–Trinajstić information content (AvgIpc) is 2.65. The van der Waals surface area contributed by atoms with E-state index in [1.165, 1.54) is 48.5 Å². The minimum atomic E-state index is -0.592. The third-order valence-electron chi connectivity index (χ3n) is 3.73. The predicted molar refractivity (Wildman–Crippen MR) is 105 cm³/mol. The number of carbonyl (C=O) groups is 2. The van der Waals surface area contributed by atoms with Crippen LogP contribution in [0.1, 0.15) is 20.7 Å². The molecule has 4 nitrogen and oxygen atoms in total. The fourth-order valence-corrected chi connectivity index (χ4v) is 2.87. The lowest BCUT2D eigenvalue weighted by Gasteiger charge is -2.13. The molecule has 0 fully saturated rings. The number of carbonyl (C=O) groups excluding carboxylic acids is 2. The number of halogens is 4. The van der Waals surface area contributed by atoms with Gasteiger partial charge >= 0.3 is 0 Å². The Hall–Kier alpha value is -2.96. The van der Waals surface area contributed by atoms with Crippen LogP contribution >= 0.6 is 23.2 Å². The first-order chi connectivity index (χ1) is 13.3. The van der Waals surface area contributed by atoms with E-state index in [-0.39, 0.29) is 32.5 Å². The van der Waals surface area contributed by atoms with Crippen LogP contribution in [0.4, 0.5) is 20.2 Å². The Bertz CT molecular complexity index is 993. The average molecular weight is 421 g/mol. The highest BCUT2D eigenvalue weighted by Crippen LogP contribution is 2.33. The summed E-state index contributed by atoms with van der Waals surface area (Å²) in [5.74, 6) is -2.30. The van der Waals surface area contributed by atoms with Gasteiger partial charge in [-0.25, -0.2) is 8.78 Å². The van der Waals surface area contributed by atoms with Crippen molar-refractivity contribution in [3.63, 3.8) is 0 Å². The van der Waals surface area contributed by atoms with Gasteiger partial charge in [0.25, 0.3) is 11.8 Å². The van der Waals surface area contributed by atoms with Crippen LogP contribution in [-0.2, 0) is 0 Å². The minimum absolute atomic E-state index is 0.0939. The molecule has 0 aromatic heterocycles. The summed E-state index contributed by atoms with van der Waals surface area (Å²) in [7, 11) is 0. The van der Waals surface area contributed by atoms with Crippen molar-refractivity contribution in [1.29, 1.82) is 0 Å². The number of benzene rings is 3. The third-order valence-corrected chi connectivity index (χ3v) is 4.35. The number of amides is 2. The standard InChI is InChI=1S/C20H12Cl2F2N2O2/c21-15-9-16(22)18(26-20(28)12-4-2-6-14(24)8-12)10-17(15)25-19(27)11-3-1-5-13(23)7-11/h1-10H,(H,25,27)(H,26,28). The second kappa shape index (κ2) is 8.37. The van der Waals surface area contributed by atoms with Gasteiger partial charge in [-0.05, 0) is 48.5 Å². The molecule has 0 unspecified atom stereocenters. The van der Waals surface area contributed by atoms with Crippen LogP contribution in [0.15, 0.2) is 60.7 Å². The van der Waals surface area contributed by atoms with Crippen molar-refractivity contribution in [2.24, 2.45) is 0 Å². The monoisotopic (exact) mass is 420 g/mol. The fourth-order valence-electron chi connectivity index (χ4n) is 2.39. The molecule has 142 valence electrons. The zero-order valence-corrected chi connectivity index (χ0v) is 15.6. The molecule has 2 amide bonds. The Morgan fingerprint density at radius 2 is 1.11 bits per heavy atom. The Balaban J connectivity index is 1.84. The van der Waals surface area contributed by atoms with E-state index in [1.807, 2.05) is 0 Å². The van der Waals surface area contributed by atoms with Crippen molar-refractivity contribution in [3.05, 3.63) is 93.5 Å². The molecule has 28 heavy (non-hydrogen) atoms. The molecule has 0 saturated carbocycles.